The van der Waals surface area contributed by atoms with Gasteiger partial charge in [0.1, 0.15) is 70.0 Å². The van der Waals surface area contributed by atoms with Crippen molar-refractivity contribution < 1.29 is 22.4 Å². The topological polar surface area (TPSA) is 130 Å². The van der Waals surface area contributed by atoms with Crippen molar-refractivity contribution in [3.8, 4) is 23.0 Å². The smallest absolute Gasteiger partial charge is 0.499 e. The number of aromatic nitrogens is 2. The number of hydrogen-bond donors (Lipinski definition) is 0. The van der Waals surface area contributed by atoms with Gasteiger partial charge in [0.25, 0.3) is 8.32 Å². The third kappa shape index (κ3) is 11.3. The number of aliphatic imine (C=N–C) groups is 4. The van der Waals surface area contributed by atoms with E-state index in [9.17, 15) is 0 Å². The minimum atomic E-state index is -3.80. The van der Waals surface area contributed by atoms with E-state index in [0.29, 0.717) is 69.0 Å². The molecule has 0 fully saturated rings. The Morgan fingerprint density at radius 2 is 0.667 bits per heavy atom. The van der Waals surface area contributed by atoms with E-state index in [2.05, 4.69) is 282 Å². The summed E-state index contributed by atoms with van der Waals surface area (Å²) < 4.78 is 43.3. The lowest BCUT2D eigenvalue weighted by Crippen LogP contribution is -2.73. The highest BCUT2D eigenvalue weighted by Crippen LogP contribution is 2.48. The molecule has 7 aromatic carbocycles. The van der Waals surface area contributed by atoms with E-state index >= 15 is 0 Å². The summed E-state index contributed by atoms with van der Waals surface area (Å²) in [5, 5.41) is 6.29. The molecule has 15 heteroatoms. The average molecular weight is 1270 g/mol. The molecule has 0 N–H and O–H groups in total. The molecule has 2 aromatic heterocycles. The Hall–Kier alpha value is -8.19. The molecule has 0 atom stereocenters. The molecule has 0 unspecified atom stereocenters. The molecule has 0 radical (unpaired) electrons. The van der Waals surface area contributed by atoms with Crippen LogP contribution >= 0.6 is 0 Å². The molecule has 13 nitrogen and oxygen atoms in total. The number of nitrogens with zero attached hydrogens (tertiary/aromatic N) is 8. The number of rotatable bonds is 21. The maximum Gasteiger partial charge on any atom is 0.799 e. The van der Waals surface area contributed by atoms with Crippen molar-refractivity contribution in [3.05, 3.63) is 197 Å². The van der Waals surface area contributed by atoms with Gasteiger partial charge in [-0.3, -0.25) is 0 Å². The fourth-order valence-electron chi connectivity index (χ4n) is 14.8. The van der Waals surface area contributed by atoms with Gasteiger partial charge < -0.3 is 29.5 Å². The minimum Gasteiger partial charge on any atom is -0.499 e. The third-order valence-corrected chi connectivity index (χ3v) is 26.3. The Labute approximate surface area is 554 Å². The zero-order chi connectivity index (χ0) is 65.3. The first-order chi connectivity index (χ1) is 44.7. The maximum absolute atomic E-state index is 9.06. The van der Waals surface area contributed by atoms with Gasteiger partial charge in [-0.25, -0.2) is 30.0 Å². The largest absolute Gasteiger partial charge is 0.799 e. The molecule has 476 valence electrons. The van der Waals surface area contributed by atoms with Crippen molar-refractivity contribution in [2.24, 2.45) is 77.3 Å². The Morgan fingerprint density at radius 3 is 1.12 bits per heavy atom. The first kappa shape index (κ1) is 63.6. The summed E-state index contributed by atoms with van der Waals surface area (Å²) in [6.07, 6.45) is -0.593. The van der Waals surface area contributed by atoms with E-state index in [1.807, 2.05) is 0 Å². The van der Waals surface area contributed by atoms with Gasteiger partial charge in [0.2, 0.25) is 0 Å². The van der Waals surface area contributed by atoms with E-state index in [-0.39, 0.29) is 71.8 Å². The van der Waals surface area contributed by atoms with Gasteiger partial charge in [0.05, 0.1) is 21.9 Å². The van der Waals surface area contributed by atoms with Crippen LogP contribution in [-0.2, 0) is 3.48 Å². The second-order valence-corrected chi connectivity index (χ2v) is 33.9. The van der Waals surface area contributed by atoms with Crippen LogP contribution < -0.4 is 45.5 Å². The predicted molar refractivity (Wildman–Crippen MR) is 383 cm³/mol. The van der Waals surface area contributed by atoms with Gasteiger partial charge >= 0.3 is 14.9 Å². The summed E-state index contributed by atoms with van der Waals surface area (Å²) in [5.41, 5.74) is 4.24. The van der Waals surface area contributed by atoms with Crippen LogP contribution in [0, 0.1) is 47.3 Å². The van der Waals surface area contributed by atoms with Crippen LogP contribution in [0.5, 0.6) is 23.0 Å². The van der Waals surface area contributed by atoms with Gasteiger partial charge in [-0.05, 0) is 87.2 Å². The van der Waals surface area contributed by atoms with Crippen LogP contribution in [0.3, 0.4) is 0 Å². The molecular formula is C78H87AlN8O5Si. The standard InChI is InChI=1S/C60H72N8O4.C18H15OSi.Al/c1-29(2)49(30(3)4)69-41-25-17-21-37-45(41)57-61-53(37)66-58-47-39(23-19-27-43(47)71-51(33(9)10)34(11)12)55(63-58)68-60-48-40(24-20-28-44(48)72-52(35(13)14)36(15)16)56(64-60)67-59-46-38(54(62-59)65-57)22-18-26-42(46)70-50(31(5)6)32(7)8;19-20(16-10-4-1-5-11-16,17-12-6-2-7-13-17)18-14-8-3-9-15-18;/h17-36,49-52H,1-16H3;1-15H;/q-2;-1;+3. The monoisotopic (exact) mass is 1270 g/mol. The Balaban J connectivity index is 1.29. The molecule has 6 heterocycles. The number of benzene rings is 7. The molecule has 0 saturated carbocycles. The zero-order valence-corrected chi connectivity index (χ0v) is 58.9. The maximum atomic E-state index is 9.06. The van der Waals surface area contributed by atoms with Gasteiger partial charge in [-0.2, -0.15) is 0 Å². The molecule has 4 aliphatic heterocycles. The third-order valence-electron chi connectivity index (χ3n) is 18.7. The van der Waals surface area contributed by atoms with Crippen LogP contribution in [0.4, 0.5) is 11.6 Å². The van der Waals surface area contributed by atoms with Crippen LogP contribution in [-0.4, -0.2) is 78.1 Å². The van der Waals surface area contributed by atoms with Gasteiger partial charge in [-0.15, -0.1) is 0 Å². The van der Waals surface area contributed by atoms with Crippen LogP contribution in [0.15, 0.2) is 194 Å². The quantitative estimate of drug-likeness (QED) is 0.0522. The normalized spacial score (nSPS) is 14.3. The molecule has 6 bridgehead atoms. The van der Waals surface area contributed by atoms with Crippen LogP contribution in [0.25, 0.3) is 21.5 Å². The van der Waals surface area contributed by atoms with Crippen molar-refractivity contribution in [1.29, 1.82) is 0 Å². The van der Waals surface area contributed by atoms with Crippen LogP contribution in [0.2, 0.25) is 0 Å². The number of fused-ring (bicyclic) bond motifs is 14. The highest BCUT2D eigenvalue weighted by molar-refractivity contribution is 7.09. The van der Waals surface area contributed by atoms with Crippen molar-refractivity contribution in [1.82, 2.24) is 7.10 Å². The number of amidine groups is 4. The average Bonchev–Trinajstić information content (AvgIpc) is 1.58. The first-order valence-corrected chi connectivity index (χ1v) is 37.1. The fraction of sp³-hybridized carbons (Fsp3) is 0.359. The lowest BCUT2D eigenvalue weighted by Gasteiger charge is -2.37. The molecule has 0 saturated heterocycles. The molecule has 0 spiro atoms. The van der Waals surface area contributed by atoms with Gasteiger partial charge in [-0.1, -0.05) is 250 Å². The first-order valence-electron chi connectivity index (χ1n) is 33.7. The summed E-state index contributed by atoms with van der Waals surface area (Å²) in [6, 6.07) is 57.5. The Bertz CT molecular complexity index is 4440. The second-order valence-electron chi connectivity index (χ2n) is 28.2. The lowest BCUT2D eigenvalue weighted by atomic mass is 9.96. The summed E-state index contributed by atoms with van der Waals surface area (Å²) >= 11 is -3.78. The van der Waals surface area contributed by atoms with Crippen molar-refractivity contribution in [2.45, 2.75) is 135 Å². The Morgan fingerprint density at radius 1 is 0.312 bits per heavy atom. The fourth-order valence-corrected chi connectivity index (χ4v) is 23.3. The molecule has 0 aliphatic carbocycles. The predicted octanol–water partition coefficient (Wildman–Crippen LogP) is 14.8. The summed E-state index contributed by atoms with van der Waals surface area (Å²) in [6.45, 7) is 35.6. The molecule has 9 aromatic rings. The molecule has 93 heavy (non-hydrogen) atoms. The molecule has 0 amide bonds. The molecule has 13 rings (SSSR count). The summed E-state index contributed by atoms with van der Waals surface area (Å²) in [5.74, 6) is 7.16. The SMILES string of the molecule is CC(C)C(Oc1cccc2c1C1=NC2=Nc2c3c(OC(C(C)C)C(C)C)cccc3c3[n]2[Al]([O][Si](c2ccccc2)(c2ccccc2)c2ccccc2)[n]2c(c4cccc(OC(C(C)C)C(C)C)c4c2=NC2=NC(=N3)c3c(OC(C(C)C)C(C)C)cccc32)=N1)C(C)C. The van der Waals surface area contributed by atoms with E-state index < -0.39 is 23.2 Å². The van der Waals surface area contributed by atoms with Crippen LogP contribution in [0.1, 0.15) is 133 Å². The van der Waals surface area contributed by atoms with E-state index in [1.165, 1.54) is 0 Å². The minimum absolute atomic E-state index is 0.123. The second kappa shape index (κ2) is 25.6. The van der Waals surface area contributed by atoms with Gasteiger partial charge in [0.15, 0.2) is 23.3 Å². The number of ether oxygens (including phenoxy) is 4. The molecule has 4 aliphatic rings. The van der Waals surface area contributed by atoms with Crippen molar-refractivity contribution in [3.63, 3.8) is 0 Å². The Kier molecular flexibility index (Phi) is 17.5. The lowest BCUT2D eigenvalue weighted by molar-refractivity contribution is 0.105. The van der Waals surface area contributed by atoms with Crippen molar-refractivity contribution in [2.75, 3.05) is 0 Å². The zero-order valence-electron chi connectivity index (χ0n) is 56.7. The van der Waals surface area contributed by atoms with E-state index in [1.54, 1.807) is 0 Å². The van der Waals surface area contributed by atoms with Gasteiger partial charge in [0, 0.05) is 21.9 Å². The van der Waals surface area contributed by atoms with E-state index in [4.69, 9.17) is 52.4 Å². The highest BCUT2D eigenvalue weighted by Gasteiger charge is 2.53. The molecular weight excluding hydrogens is 1180 g/mol. The number of hydrogen-bond acceptors (Lipinski definition) is 11. The summed E-state index contributed by atoms with van der Waals surface area (Å²) in [7, 11) is -3.80. The highest BCUT2D eigenvalue weighted by atomic mass is 28.4. The van der Waals surface area contributed by atoms with E-state index in [0.717, 1.165) is 59.4 Å². The van der Waals surface area contributed by atoms with Crippen molar-refractivity contribution >= 4 is 95.3 Å². The summed E-state index contributed by atoms with van der Waals surface area (Å²) in [4.78, 5) is 35.4.